The molecule has 0 bridgehead atoms. The molecule has 4 aromatic rings. The molecule has 0 spiro atoms. The van der Waals surface area contributed by atoms with E-state index in [1.165, 1.54) is 11.1 Å². The van der Waals surface area contributed by atoms with Gasteiger partial charge >= 0.3 is 0 Å². The van der Waals surface area contributed by atoms with E-state index in [1.807, 2.05) is 64.4 Å². The third-order valence-corrected chi connectivity index (χ3v) is 8.10. The van der Waals surface area contributed by atoms with E-state index in [2.05, 4.69) is 41.7 Å². The minimum Gasteiger partial charge on any atom is -0.493 e. The Morgan fingerprint density at radius 1 is 1.04 bits per heavy atom. The van der Waals surface area contributed by atoms with Crippen molar-refractivity contribution in [1.29, 1.82) is 5.41 Å². The van der Waals surface area contributed by atoms with Crippen molar-refractivity contribution >= 4 is 23.5 Å². The molecule has 234 valence electrons. The van der Waals surface area contributed by atoms with Crippen LogP contribution in [-0.2, 0) is 17.8 Å². The van der Waals surface area contributed by atoms with E-state index in [0.29, 0.717) is 51.2 Å². The van der Waals surface area contributed by atoms with Gasteiger partial charge in [-0.2, -0.15) is 5.10 Å². The number of hydrogen-bond donors (Lipinski definition) is 4. The standard InChI is InChI=1S/C35H41N7O3/c1-24-8-3-14-32(25(24)2)45-19-7-15-33(43)42-18-6-12-30-29(11-5-13-31(30)42)28-21-40-41(23-28)22-26-9-4-10-27(20-26)34(44)38-16-17-39-35(36)37/h3-5,8-11,13-14,20-21,23H,6-7,12,15-19,22H2,1-2H3,(H,38,44)(H4,36,37,39). The molecule has 0 atom stereocenters. The SMILES string of the molecule is Cc1cccc(OCCCC(=O)N2CCCc3c(-c4cnn(Cc5cccc(C(=O)NCCNC(=N)N)c5)c4)cccc32)c1C. The second-order valence-electron chi connectivity index (χ2n) is 11.3. The number of carbonyl (C=O) groups is 2. The summed E-state index contributed by atoms with van der Waals surface area (Å²) in [7, 11) is 0. The molecule has 0 aliphatic carbocycles. The molecule has 1 aromatic heterocycles. The number of benzene rings is 3. The van der Waals surface area contributed by atoms with E-state index in [9.17, 15) is 9.59 Å². The molecule has 0 saturated carbocycles. The first-order valence-corrected chi connectivity index (χ1v) is 15.4. The van der Waals surface area contributed by atoms with Crippen molar-refractivity contribution in [3.63, 3.8) is 0 Å². The number of nitrogens with two attached hydrogens (primary N) is 1. The van der Waals surface area contributed by atoms with Gasteiger partial charge in [0.1, 0.15) is 5.75 Å². The van der Waals surface area contributed by atoms with Crippen LogP contribution in [0.2, 0.25) is 0 Å². The Labute approximate surface area is 264 Å². The van der Waals surface area contributed by atoms with Gasteiger partial charge in [0.2, 0.25) is 5.91 Å². The van der Waals surface area contributed by atoms with E-state index in [0.717, 1.165) is 46.5 Å². The van der Waals surface area contributed by atoms with Crippen LogP contribution in [0.3, 0.4) is 0 Å². The van der Waals surface area contributed by atoms with E-state index in [4.69, 9.17) is 15.9 Å². The predicted octanol–water partition coefficient (Wildman–Crippen LogP) is 4.57. The van der Waals surface area contributed by atoms with Crippen molar-refractivity contribution in [3.8, 4) is 16.9 Å². The summed E-state index contributed by atoms with van der Waals surface area (Å²) in [6, 6.07) is 19.6. The number of hydrogen-bond acceptors (Lipinski definition) is 5. The Balaban J connectivity index is 1.21. The lowest BCUT2D eigenvalue weighted by Crippen LogP contribution is -2.37. The van der Waals surface area contributed by atoms with Gasteiger partial charge in [-0.15, -0.1) is 0 Å². The maximum atomic E-state index is 13.3. The summed E-state index contributed by atoms with van der Waals surface area (Å²) in [6.07, 6.45) is 6.77. The van der Waals surface area contributed by atoms with Crippen LogP contribution in [0.5, 0.6) is 5.75 Å². The monoisotopic (exact) mass is 607 g/mol. The Morgan fingerprint density at radius 3 is 2.69 bits per heavy atom. The molecule has 0 radical (unpaired) electrons. The number of nitrogens with one attached hydrogen (secondary N) is 3. The summed E-state index contributed by atoms with van der Waals surface area (Å²) < 4.78 is 7.84. The van der Waals surface area contributed by atoms with Crippen LogP contribution in [0.1, 0.15) is 51.9 Å². The highest BCUT2D eigenvalue weighted by atomic mass is 16.5. The van der Waals surface area contributed by atoms with Gasteiger partial charge in [0.15, 0.2) is 5.96 Å². The molecule has 0 fully saturated rings. The van der Waals surface area contributed by atoms with Crippen LogP contribution in [0.4, 0.5) is 5.69 Å². The first-order valence-electron chi connectivity index (χ1n) is 15.4. The lowest BCUT2D eigenvalue weighted by molar-refractivity contribution is -0.118. The van der Waals surface area contributed by atoms with Crippen molar-refractivity contribution in [3.05, 3.63) is 101 Å². The number of amides is 2. The van der Waals surface area contributed by atoms with Crippen LogP contribution >= 0.6 is 0 Å². The van der Waals surface area contributed by atoms with E-state index >= 15 is 0 Å². The number of aryl methyl sites for hydroxylation is 1. The van der Waals surface area contributed by atoms with Gasteiger partial charge in [0, 0.05) is 49.1 Å². The highest BCUT2D eigenvalue weighted by molar-refractivity contribution is 5.96. The fourth-order valence-electron chi connectivity index (χ4n) is 5.64. The third kappa shape index (κ3) is 7.89. The molecule has 2 heterocycles. The summed E-state index contributed by atoms with van der Waals surface area (Å²) in [6.45, 7) is 6.59. The summed E-state index contributed by atoms with van der Waals surface area (Å²) in [4.78, 5) is 27.8. The topological polar surface area (TPSA) is 138 Å². The molecule has 5 N–H and O–H groups in total. The number of fused-ring (bicyclic) bond motifs is 1. The van der Waals surface area contributed by atoms with Gasteiger partial charge in [-0.25, -0.2) is 0 Å². The molecule has 1 aliphatic rings. The van der Waals surface area contributed by atoms with Crippen LogP contribution in [0.15, 0.2) is 73.1 Å². The molecule has 0 unspecified atom stereocenters. The number of aromatic nitrogens is 2. The molecule has 2 amide bonds. The molecule has 45 heavy (non-hydrogen) atoms. The van der Waals surface area contributed by atoms with E-state index in [-0.39, 0.29) is 17.8 Å². The lowest BCUT2D eigenvalue weighted by atomic mass is 9.93. The van der Waals surface area contributed by atoms with Gasteiger partial charge in [-0.3, -0.25) is 19.7 Å². The Kier molecular flexibility index (Phi) is 10.1. The smallest absolute Gasteiger partial charge is 0.251 e. The number of ether oxygens (including phenoxy) is 1. The summed E-state index contributed by atoms with van der Waals surface area (Å²) in [5.41, 5.74) is 13.3. The first-order chi connectivity index (χ1) is 21.8. The lowest BCUT2D eigenvalue weighted by Gasteiger charge is -2.31. The number of nitrogens with zero attached hydrogens (tertiary/aromatic N) is 3. The van der Waals surface area contributed by atoms with Gasteiger partial charge in [-0.1, -0.05) is 36.4 Å². The second-order valence-corrected chi connectivity index (χ2v) is 11.3. The van der Waals surface area contributed by atoms with Crippen molar-refractivity contribution in [2.75, 3.05) is 31.1 Å². The van der Waals surface area contributed by atoms with Crippen LogP contribution < -0.4 is 26.0 Å². The average molecular weight is 608 g/mol. The zero-order valence-electron chi connectivity index (χ0n) is 25.9. The normalized spacial score (nSPS) is 12.4. The fourth-order valence-corrected chi connectivity index (χ4v) is 5.64. The average Bonchev–Trinajstić information content (AvgIpc) is 3.50. The van der Waals surface area contributed by atoms with Gasteiger partial charge in [-0.05, 0) is 85.2 Å². The second kappa shape index (κ2) is 14.6. The highest BCUT2D eigenvalue weighted by Gasteiger charge is 2.25. The number of anilines is 1. The molecular weight excluding hydrogens is 566 g/mol. The molecular formula is C35H41N7O3. The van der Waals surface area contributed by atoms with Crippen LogP contribution in [-0.4, -0.2) is 53.8 Å². The molecule has 10 nitrogen and oxygen atoms in total. The van der Waals surface area contributed by atoms with Crippen molar-refractivity contribution in [2.24, 2.45) is 5.73 Å². The first kappa shape index (κ1) is 31.3. The summed E-state index contributed by atoms with van der Waals surface area (Å²) >= 11 is 0. The Bertz CT molecular complexity index is 1680. The number of carbonyl (C=O) groups excluding carboxylic acids is 2. The van der Waals surface area contributed by atoms with Gasteiger partial charge in [0.05, 0.1) is 19.3 Å². The highest BCUT2D eigenvalue weighted by Crippen LogP contribution is 2.36. The zero-order valence-corrected chi connectivity index (χ0v) is 25.9. The van der Waals surface area contributed by atoms with Crippen molar-refractivity contribution < 1.29 is 14.3 Å². The zero-order chi connectivity index (χ0) is 31.8. The minimum absolute atomic E-state index is 0.118. The van der Waals surface area contributed by atoms with Crippen molar-refractivity contribution in [1.82, 2.24) is 20.4 Å². The van der Waals surface area contributed by atoms with E-state index < -0.39 is 0 Å². The fraction of sp³-hybridized carbons (Fsp3) is 0.314. The third-order valence-electron chi connectivity index (χ3n) is 8.10. The van der Waals surface area contributed by atoms with Crippen molar-refractivity contribution in [2.45, 2.75) is 46.1 Å². The quantitative estimate of drug-likeness (QED) is 0.106. The summed E-state index contributed by atoms with van der Waals surface area (Å²) in [5, 5.41) is 17.3. The number of guanidine groups is 1. The van der Waals surface area contributed by atoms with Gasteiger partial charge < -0.3 is 26.0 Å². The maximum absolute atomic E-state index is 13.3. The molecule has 0 saturated heterocycles. The number of rotatable bonds is 12. The van der Waals surface area contributed by atoms with Crippen LogP contribution in [0, 0.1) is 19.3 Å². The largest absolute Gasteiger partial charge is 0.493 e. The maximum Gasteiger partial charge on any atom is 0.251 e. The van der Waals surface area contributed by atoms with Crippen LogP contribution in [0.25, 0.3) is 11.1 Å². The molecule has 5 rings (SSSR count). The molecule has 10 heteroatoms. The molecule has 3 aromatic carbocycles. The Hall–Kier alpha value is -5.12. The predicted molar refractivity (Wildman–Crippen MR) is 177 cm³/mol. The minimum atomic E-state index is -0.188. The molecule has 1 aliphatic heterocycles. The van der Waals surface area contributed by atoms with E-state index in [1.54, 1.807) is 6.07 Å². The Morgan fingerprint density at radius 2 is 1.84 bits per heavy atom. The summed E-state index contributed by atoms with van der Waals surface area (Å²) in [5.74, 6) is 0.682. The van der Waals surface area contributed by atoms with Gasteiger partial charge in [0.25, 0.3) is 5.91 Å².